The lowest BCUT2D eigenvalue weighted by Crippen LogP contribution is -2.60. The van der Waals surface area contributed by atoms with Crippen molar-refractivity contribution in [2.24, 2.45) is 5.73 Å². The number of nitrogens with two attached hydrogens (primary N) is 1. The van der Waals surface area contributed by atoms with E-state index in [4.69, 9.17) is 5.73 Å². The van der Waals surface area contributed by atoms with E-state index < -0.39 is 12.0 Å². The van der Waals surface area contributed by atoms with Crippen LogP contribution in [0.25, 0.3) is 0 Å². The molecule has 2 aliphatic rings. The summed E-state index contributed by atoms with van der Waals surface area (Å²) in [4.78, 5) is 4.54. The Bertz CT molecular complexity index is 309. The molecule has 0 aromatic carbocycles. The summed E-state index contributed by atoms with van der Waals surface area (Å²) in [5.74, 6) is -2.70. The van der Waals surface area contributed by atoms with E-state index in [0.29, 0.717) is 18.5 Å². The van der Waals surface area contributed by atoms with Crippen molar-refractivity contribution >= 4 is 0 Å². The number of halogens is 2. The van der Waals surface area contributed by atoms with E-state index in [2.05, 4.69) is 23.6 Å². The Kier molecular flexibility index (Phi) is 4.48. The maximum Gasteiger partial charge on any atom is 0.264 e. The predicted octanol–water partition coefficient (Wildman–Crippen LogP) is 1.92. The molecule has 3 atom stereocenters. The lowest BCUT2D eigenvalue weighted by molar-refractivity contribution is -0.0839. The summed E-state index contributed by atoms with van der Waals surface area (Å²) in [6.07, 6.45) is 2.38. The quantitative estimate of drug-likeness (QED) is 0.854. The topological polar surface area (TPSA) is 32.5 Å². The Hall–Kier alpha value is -0.260. The lowest BCUT2D eigenvalue weighted by Gasteiger charge is -2.42. The molecule has 2 fully saturated rings. The molecular weight excluding hydrogens is 248 g/mol. The summed E-state index contributed by atoms with van der Waals surface area (Å²) in [5, 5.41) is 0. The molecule has 1 aliphatic carbocycles. The van der Waals surface area contributed by atoms with Crippen LogP contribution < -0.4 is 5.73 Å². The van der Waals surface area contributed by atoms with Crippen molar-refractivity contribution in [1.29, 1.82) is 0 Å². The van der Waals surface area contributed by atoms with Crippen molar-refractivity contribution in [1.82, 2.24) is 9.80 Å². The normalized spacial score (nSPS) is 36.3. The van der Waals surface area contributed by atoms with Crippen LogP contribution in [0.1, 0.15) is 39.5 Å². The van der Waals surface area contributed by atoms with Crippen LogP contribution in [-0.4, -0.2) is 60.0 Å². The van der Waals surface area contributed by atoms with Crippen molar-refractivity contribution in [3.05, 3.63) is 0 Å². The Labute approximate surface area is 115 Å². The summed E-state index contributed by atoms with van der Waals surface area (Å²) < 4.78 is 27.5. The highest BCUT2D eigenvalue weighted by Crippen LogP contribution is 2.35. The smallest absolute Gasteiger partial charge is 0.264 e. The molecule has 2 N–H and O–H groups in total. The standard InChI is InChI=1S/C14H27F2N3/c1-10(2)19-8-6-11(9-19)18(3)12-5-4-7-14(15,16)13(12)17/h10-13H,4-9,17H2,1-3H3/t11-,12+,13-/m1/s1. The molecule has 0 spiro atoms. The van der Waals surface area contributed by atoms with Gasteiger partial charge < -0.3 is 5.73 Å². The highest BCUT2D eigenvalue weighted by molar-refractivity contribution is 4.98. The SMILES string of the molecule is CC(C)N1CC[C@@H](N(C)[C@H]2CCCC(F)(F)[C@@H]2N)C1. The zero-order chi connectivity index (χ0) is 14.2. The Balaban J connectivity index is 1.98. The molecule has 1 aliphatic heterocycles. The Morgan fingerprint density at radius 3 is 2.58 bits per heavy atom. The molecule has 3 nitrogen and oxygen atoms in total. The largest absolute Gasteiger partial charge is 0.321 e. The van der Waals surface area contributed by atoms with E-state index in [-0.39, 0.29) is 12.5 Å². The van der Waals surface area contributed by atoms with E-state index in [1.54, 1.807) is 0 Å². The first-order valence-electron chi connectivity index (χ1n) is 7.42. The van der Waals surface area contributed by atoms with Gasteiger partial charge in [0, 0.05) is 37.6 Å². The molecule has 112 valence electrons. The molecule has 0 aromatic rings. The first kappa shape index (κ1) is 15.1. The highest BCUT2D eigenvalue weighted by atomic mass is 19.3. The van der Waals surface area contributed by atoms with Gasteiger partial charge in [0.25, 0.3) is 5.92 Å². The molecule has 0 unspecified atom stereocenters. The maximum absolute atomic E-state index is 13.7. The van der Waals surface area contributed by atoms with Gasteiger partial charge in [-0.3, -0.25) is 9.80 Å². The van der Waals surface area contributed by atoms with E-state index in [1.165, 1.54) is 0 Å². The average Bonchev–Trinajstić information content (AvgIpc) is 2.81. The van der Waals surface area contributed by atoms with Crippen molar-refractivity contribution in [3.63, 3.8) is 0 Å². The van der Waals surface area contributed by atoms with Crippen LogP contribution in [0.4, 0.5) is 8.78 Å². The Morgan fingerprint density at radius 2 is 2.00 bits per heavy atom. The first-order chi connectivity index (χ1) is 8.83. The van der Waals surface area contributed by atoms with Crippen molar-refractivity contribution in [2.75, 3.05) is 20.1 Å². The number of nitrogens with zero attached hydrogens (tertiary/aromatic N) is 2. The Morgan fingerprint density at radius 1 is 1.32 bits per heavy atom. The fourth-order valence-electron chi connectivity index (χ4n) is 3.47. The van der Waals surface area contributed by atoms with Crippen LogP contribution in [0.3, 0.4) is 0 Å². The summed E-state index contributed by atoms with van der Waals surface area (Å²) in [7, 11) is 1.97. The third-order valence-electron chi connectivity index (χ3n) is 4.94. The van der Waals surface area contributed by atoms with E-state index in [0.717, 1.165) is 25.9 Å². The van der Waals surface area contributed by atoms with Gasteiger partial charge in [0.15, 0.2) is 0 Å². The molecule has 5 heteroatoms. The fourth-order valence-corrected chi connectivity index (χ4v) is 3.47. The molecule has 2 rings (SSSR count). The van der Waals surface area contributed by atoms with Gasteiger partial charge in [-0.15, -0.1) is 0 Å². The molecule has 0 bridgehead atoms. The third kappa shape index (κ3) is 3.09. The molecule has 0 aromatic heterocycles. The fraction of sp³-hybridized carbons (Fsp3) is 1.00. The molecule has 1 saturated carbocycles. The van der Waals surface area contributed by atoms with Gasteiger partial charge in [-0.25, -0.2) is 8.78 Å². The summed E-state index contributed by atoms with van der Waals surface area (Å²) in [5.41, 5.74) is 5.81. The zero-order valence-corrected chi connectivity index (χ0v) is 12.3. The number of alkyl halides is 2. The second-order valence-electron chi connectivity index (χ2n) is 6.44. The number of hydrogen-bond donors (Lipinski definition) is 1. The van der Waals surface area contributed by atoms with E-state index >= 15 is 0 Å². The molecule has 0 amide bonds. The van der Waals surface area contributed by atoms with Gasteiger partial charge in [-0.05, 0) is 40.2 Å². The van der Waals surface area contributed by atoms with Gasteiger partial charge >= 0.3 is 0 Å². The average molecular weight is 275 g/mol. The molecule has 1 saturated heterocycles. The second kappa shape index (κ2) is 5.62. The minimum Gasteiger partial charge on any atom is -0.321 e. The number of hydrogen-bond acceptors (Lipinski definition) is 3. The summed E-state index contributed by atoms with van der Waals surface area (Å²) in [6.45, 7) is 6.40. The van der Waals surface area contributed by atoms with Crippen LogP contribution in [0.5, 0.6) is 0 Å². The van der Waals surface area contributed by atoms with Crippen LogP contribution >= 0.6 is 0 Å². The predicted molar refractivity (Wildman–Crippen MR) is 73.4 cm³/mol. The minimum absolute atomic E-state index is 0.0543. The number of likely N-dealkylation sites (tertiary alicyclic amines) is 1. The first-order valence-corrected chi connectivity index (χ1v) is 7.42. The molecule has 1 heterocycles. The second-order valence-corrected chi connectivity index (χ2v) is 6.44. The molecule has 19 heavy (non-hydrogen) atoms. The van der Waals surface area contributed by atoms with Crippen molar-refractivity contribution < 1.29 is 8.78 Å². The zero-order valence-electron chi connectivity index (χ0n) is 12.3. The highest BCUT2D eigenvalue weighted by Gasteiger charge is 2.47. The summed E-state index contributed by atoms with van der Waals surface area (Å²) >= 11 is 0. The van der Waals surface area contributed by atoms with Gasteiger partial charge in [0.05, 0.1) is 6.04 Å². The van der Waals surface area contributed by atoms with Crippen molar-refractivity contribution in [3.8, 4) is 0 Å². The molecule has 0 radical (unpaired) electrons. The van der Waals surface area contributed by atoms with Crippen LogP contribution in [0, 0.1) is 0 Å². The van der Waals surface area contributed by atoms with Crippen LogP contribution in [0.2, 0.25) is 0 Å². The maximum atomic E-state index is 13.7. The monoisotopic (exact) mass is 275 g/mol. The molecular formula is C14H27F2N3. The van der Waals surface area contributed by atoms with Gasteiger partial charge in [0.2, 0.25) is 0 Å². The van der Waals surface area contributed by atoms with Gasteiger partial charge in [-0.2, -0.15) is 0 Å². The number of rotatable bonds is 3. The third-order valence-corrected chi connectivity index (χ3v) is 4.94. The summed E-state index contributed by atoms with van der Waals surface area (Å²) in [6, 6.07) is -0.299. The number of likely N-dealkylation sites (N-methyl/N-ethyl adjacent to an activating group) is 1. The van der Waals surface area contributed by atoms with Crippen LogP contribution in [-0.2, 0) is 0 Å². The minimum atomic E-state index is -2.70. The van der Waals surface area contributed by atoms with Gasteiger partial charge in [0.1, 0.15) is 0 Å². The van der Waals surface area contributed by atoms with E-state index in [9.17, 15) is 8.78 Å². The van der Waals surface area contributed by atoms with Crippen molar-refractivity contribution in [2.45, 2.75) is 69.6 Å². The van der Waals surface area contributed by atoms with E-state index in [1.807, 2.05) is 7.05 Å². The van der Waals surface area contributed by atoms with Crippen LogP contribution in [0.15, 0.2) is 0 Å². The van der Waals surface area contributed by atoms with Gasteiger partial charge in [-0.1, -0.05) is 0 Å². The lowest BCUT2D eigenvalue weighted by atomic mass is 9.86.